The Balaban J connectivity index is 1.98. The van der Waals surface area contributed by atoms with Gasteiger partial charge in [-0.15, -0.1) is 0 Å². The van der Waals surface area contributed by atoms with Crippen LogP contribution in [0.25, 0.3) is 0 Å². The number of anilines is 1. The fraction of sp³-hybridized carbons (Fsp3) is 0.278. The van der Waals surface area contributed by atoms with E-state index < -0.39 is 0 Å². The van der Waals surface area contributed by atoms with Gasteiger partial charge in [0, 0.05) is 12.2 Å². The predicted octanol–water partition coefficient (Wildman–Crippen LogP) is 3.29. The highest BCUT2D eigenvalue weighted by Gasteiger charge is 2.06. The van der Waals surface area contributed by atoms with Crippen LogP contribution in [0.5, 0.6) is 0 Å². The van der Waals surface area contributed by atoms with E-state index in [1.165, 1.54) is 5.56 Å². The summed E-state index contributed by atoms with van der Waals surface area (Å²) in [6, 6.07) is 15.9. The lowest BCUT2D eigenvalue weighted by Crippen LogP contribution is -2.16. The number of amides is 1. The zero-order valence-corrected chi connectivity index (χ0v) is 12.6. The monoisotopic (exact) mass is 282 g/mol. The van der Waals surface area contributed by atoms with Crippen molar-refractivity contribution < 1.29 is 4.79 Å². The molecule has 2 aromatic rings. The Morgan fingerprint density at radius 2 is 1.90 bits per heavy atom. The number of hydrogen-bond donors (Lipinski definition) is 2. The first-order valence-corrected chi connectivity index (χ1v) is 7.33. The zero-order chi connectivity index (χ0) is 15.1. The van der Waals surface area contributed by atoms with E-state index in [2.05, 4.69) is 23.6 Å². The summed E-state index contributed by atoms with van der Waals surface area (Å²) >= 11 is 0. The molecule has 110 valence electrons. The van der Waals surface area contributed by atoms with Crippen molar-refractivity contribution in [3.8, 4) is 0 Å². The summed E-state index contributed by atoms with van der Waals surface area (Å²) in [4.78, 5) is 12.1. The van der Waals surface area contributed by atoms with Crippen molar-refractivity contribution >= 4 is 11.6 Å². The molecular formula is C18H22N2O. The third kappa shape index (κ3) is 4.72. The molecule has 0 aromatic heterocycles. The number of benzene rings is 2. The Morgan fingerprint density at radius 3 is 2.67 bits per heavy atom. The van der Waals surface area contributed by atoms with Gasteiger partial charge in [-0.25, -0.2) is 0 Å². The summed E-state index contributed by atoms with van der Waals surface area (Å²) in [5.74, 6) is 0.0184. The van der Waals surface area contributed by atoms with E-state index in [-0.39, 0.29) is 5.91 Å². The summed E-state index contributed by atoms with van der Waals surface area (Å²) in [6.45, 7) is 5.86. The van der Waals surface area contributed by atoms with Crippen molar-refractivity contribution in [2.24, 2.45) is 0 Å². The van der Waals surface area contributed by atoms with E-state index in [0.717, 1.165) is 29.9 Å². The Bertz CT molecular complexity index is 608. The molecule has 3 nitrogen and oxygen atoms in total. The van der Waals surface area contributed by atoms with Crippen molar-refractivity contribution in [2.75, 3.05) is 11.9 Å². The molecule has 2 aromatic carbocycles. The zero-order valence-electron chi connectivity index (χ0n) is 12.6. The van der Waals surface area contributed by atoms with Crippen LogP contribution in [0.3, 0.4) is 0 Å². The largest absolute Gasteiger partial charge is 0.326 e. The number of aryl methyl sites for hydroxylation is 1. The van der Waals surface area contributed by atoms with Crippen LogP contribution in [0.4, 0.5) is 5.69 Å². The first-order chi connectivity index (χ1) is 10.2. The fourth-order valence-electron chi connectivity index (χ4n) is 2.21. The molecule has 3 heteroatoms. The number of carbonyl (C=O) groups excluding carboxylic acids is 1. The van der Waals surface area contributed by atoms with Gasteiger partial charge in [-0.3, -0.25) is 4.79 Å². The molecule has 0 aliphatic rings. The summed E-state index contributed by atoms with van der Waals surface area (Å²) in [5.41, 5.74) is 4.24. The van der Waals surface area contributed by atoms with Crippen LogP contribution in [0, 0.1) is 6.92 Å². The van der Waals surface area contributed by atoms with Gasteiger partial charge in [-0.2, -0.15) is 0 Å². The molecule has 0 fully saturated rings. The number of hydrogen-bond acceptors (Lipinski definition) is 2. The minimum Gasteiger partial charge on any atom is -0.326 e. The molecule has 0 spiro atoms. The quantitative estimate of drug-likeness (QED) is 0.853. The van der Waals surface area contributed by atoms with Crippen molar-refractivity contribution in [2.45, 2.75) is 26.8 Å². The molecule has 0 heterocycles. The molecule has 0 aliphatic carbocycles. The van der Waals surface area contributed by atoms with Crippen molar-refractivity contribution in [3.63, 3.8) is 0 Å². The van der Waals surface area contributed by atoms with Crippen LogP contribution >= 0.6 is 0 Å². The Labute approximate surface area is 126 Å². The Kier molecular flexibility index (Phi) is 5.52. The van der Waals surface area contributed by atoms with Gasteiger partial charge in [0.05, 0.1) is 6.42 Å². The molecule has 0 bridgehead atoms. The average molecular weight is 282 g/mol. The van der Waals surface area contributed by atoms with Crippen LogP contribution in [0.15, 0.2) is 48.5 Å². The average Bonchev–Trinajstić information content (AvgIpc) is 2.48. The molecule has 0 aliphatic heterocycles. The van der Waals surface area contributed by atoms with E-state index in [9.17, 15) is 4.79 Å². The van der Waals surface area contributed by atoms with Gasteiger partial charge in [0.15, 0.2) is 0 Å². The maximum atomic E-state index is 12.1. The predicted molar refractivity (Wildman–Crippen MR) is 87.3 cm³/mol. The SMILES string of the molecule is CCNCc1cccc(NC(=O)Cc2ccccc2C)c1. The molecule has 0 saturated heterocycles. The number of rotatable bonds is 6. The third-order valence-corrected chi connectivity index (χ3v) is 3.40. The summed E-state index contributed by atoms with van der Waals surface area (Å²) in [6.07, 6.45) is 0.407. The molecule has 1 amide bonds. The normalized spacial score (nSPS) is 10.4. The highest BCUT2D eigenvalue weighted by molar-refractivity contribution is 5.92. The lowest BCUT2D eigenvalue weighted by Gasteiger charge is -2.09. The lowest BCUT2D eigenvalue weighted by molar-refractivity contribution is -0.115. The second-order valence-corrected chi connectivity index (χ2v) is 5.13. The van der Waals surface area contributed by atoms with Gasteiger partial charge in [-0.05, 0) is 42.3 Å². The molecule has 21 heavy (non-hydrogen) atoms. The highest BCUT2D eigenvalue weighted by atomic mass is 16.1. The molecule has 2 rings (SSSR count). The van der Waals surface area contributed by atoms with Crippen LogP contribution in [-0.2, 0) is 17.8 Å². The first-order valence-electron chi connectivity index (χ1n) is 7.33. The van der Waals surface area contributed by atoms with Gasteiger partial charge in [0.25, 0.3) is 0 Å². The molecule has 0 saturated carbocycles. The van der Waals surface area contributed by atoms with E-state index in [0.29, 0.717) is 6.42 Å². The van der Waals surface area contributed by atoms with E-state index >= 15 is 0 Å². The Hall–Kier alpha value is -2.13. The molecule has 2 N–H and O–H groups in total. The fourth-order valence-corrected chi connectivity index (χ4v) is 2.21. The van der Waals surface area contributed by atoms with Gasteiger partial charge in [-0.1, -0.05) is 43.3 Å². The highest BCUT2D eigenvalue weighted by Crippen LogP contribution is 2.13. The smallest absolute Gasteiger partial charge is 0.228 e. The maximum Gasteiger partial charge on any atom is 0.228 e. The second kappa shape index (κ2) is 7.60. The lowest BCUT2D eigenvalue weighted by atomic mass is 10.1. The number of nitrogens with one attached hydrogen (secondary N) is 2. The van der Waals surface area contributed by atoms with E-state index in [4.69, 9.17) is 0 Å². The topological polar surface area (TPSA) is 41.1 Å². The van der Waals surface area contributed by atoms with Crippen molar-refractivity contribution in [3.05, 3.63) is 65.2 Å². The van der Waals surface area contributed by atoms with Gasteiger partial charge in [0.2, 0.25) is 5.91 Å². The summed E-state index contributed by atoms with van der Waals surface area (Å²) in [5, 5.41) is 6.25. The third-order valence-electron chi connectivity index (χ3n) is 3.40. The second-order valence-electron chi connectivity index (χ2n) is 5.13. The number of carbonyl (C=O) groups is 1. The van der Waals surface area contributed by atoms with Gasteiger partial charge < -0.3 is 10.6 Å². The van der Waals surface area contributed by atoms with E-state index in [1.807, 2.05) is 49.4 Å². The summed E-state index contributed by atoms with van der Waals surface area (Å²) in [7, 11) is 0. The van der Waals surface area contributed by atoms with Crippen LogP contribution < -0.4 is 10.6 Å². The molecule has 0 unspecified atom stereocenters. The van der Waals surface area contributed by atoms with Crippen molar-refractivity contribution in [1.29, 1.82) is 0 Å². The van der Waals surface area contributed by atoms with Gasteiger partial charge in [0.1, 0.15) is 0 Å². The standard InChI is InChI=1S/C18H22N2O/c1-3-19-13-15-8-6-10-17(11-15)20-18(21)12-16-9-5-4-7-14(16)2/h4-11,19H,3,12-13H2,1-2H3,(H,20,21). The minimum atomic E-state index is 0.0184. The van der Waals surface area contributed by atoms with Crippen LogP contribution in [-0.4, -0.2) is 12.5 Å². The van der Waals surface area contributed by atoms with Crippen LogP contribution in [0.2, 0.25) is 0 Å². The maximum absolute atomic E-state index is 12.1. The Morgan fingerprint density at radius 1 is 1.10 bits per heavy atom. The van der Waals surface area contributed by atoms with E-state index in [1.54, 1.807) is 0 Å². The first kappa shape index (κ1) is 15.3. The summed E-state index contributed by atoms with van der Waals surface area (Å²) < 4.78 is 0. The van der Waals surface area contributed by atoms with Gasteiger partial charge >= 0.3 is 0 Å². The molecular weight excluding hydrogens is 260 g/mol. The minimum absolute atomic E-state index is 0.0184. The van der Waals surface area contributed by atoms with Crippen LogP contribution in [0.1, 0.15) is 23.6 Å². The van der Waals surface area contributed by atoms with Crippen molar-refractivity contribution in [1.82, 2.24) is 5.32 Å². The molecule has 0 radical (unpaired) electrons. The molecule has 0 atom stereocenters.